The molecule has 9 heteroatoms. The number of hydrogen-bond donors (Lipinski definition) is 1. The molecule has 176 valence electrons. The maximum Gasteiger partial charge on any atom is 0.255 e. The molecule has 0 bridgehead atoms. The first-order valence-electron chi connectivity index (χ1n) is 10.9. The number of amides is 1. The van der Waals surface area contributed by atoms with E-state index in [4.69, 9.17) is 14.2 Å². The third kappa shape index (κ3) is 5.60. The third-order valence-corrected chi connectivity index (χ3v) is 5.11. The lowest BCUT2D eigenvalue weighted by Crippen LogP contribution is -2.27. The van der Waals surface area contributed by atoms with Gasteiger partial charge in [0.2, 0.25) is 5.88 Å². The lowest BCUT2D eigenvalue weighted by atomic mass is 10.1. The van der Waals surface area contributed by atoms with Crippen LogP contribution in [0.5, 0.6) is 17.4 Å². The van der Waals surface area contributed by atoms with Crippen molar-refractivity contribution >= 4 is 5.91 Å². The van der Waals surface area contributed by atoms with E-state index in [2.05, 4.69) is 34.5 Å². The molecular formula is C24H31N5O4. The van der Waals surface area contributed by atoms with Gasteiger partial charge in [0.05, 0.1) is 44.3 Å². The van der Waals surface area contributed by atoms with Crippen LogP contribution in [0.1, 0.15) is 55.4 Å². The minimum Gasteiger partial charge on any atom is -0.493 e. The van der Waals surface area contributed by atoms with E-state index in [1.165, 1.54) is 7.11 Å². The molecule has 0 spiro atoms. The summed E-state index contributed by atoms with van der Waals surface area (Å²) in [5.41, 5.74) is 2.14. The van der Waals surface area contributed by atoms with E-state index in [1.807, 2.05) is 32.0 Å². The van der Waals surface area contributed by atoms with Crippen LogP contribution in [0.2, 0.25) is 0 Å². The molecule has 9 nitrogen and oxygen atoms in total. The van der Waals surface area contributed by atoms with Crippen molar-refractivity contribution in [1.29, 1.82) is 0 Å². The molecule has 1 amide bonds. The highest BCUT2D eigenvalue weighted by Gasteiger charge is 2.20. The Balaban J connectivity index is 1.77. The van der Waals surface area contributed by atoms with Gasteiger partial charge in [-0.1, -0.05) is 26.8 Å². The van der Waals surface area contributed by atoms with Crippen molar-refractivity contribution in [3.05, 3.63) is 53.3 Å². The number of rotatable bonds is 10. The number of hydrogen-bond acceptors (Lipinski definition) is 7. The molecule has 0 fully saturated rings. The molecule has 1 atom stereocenters. The number of carbonyl (C=O) groups excluding carboxylic acids is 1. The zero-order valence-corrected chi connectivity index (χ0v) is 20.0. The van der Waals surface area contributed by atoms with Gasteiger partial charge in [-0.05, 0) is 43.0 Å². The molecule has 3 aromatic rings. The molecule has 0 aliphatic rings. The van der Waals surface area contributed by atoms with Crippen LogP contribution in [0, 0.1) is 5.92 Å². The third-order valence-electron chi connectivity index (χ3n) is 5.11. The summed E-state index contributed by atoms with van der Waals surface area (Å²) in [5.74, 6) is 2.43. The summed E-state index contributed by atoms with van der Waals surface area (Å²) in [6.45, 7) is 8.67. The van der Waals surface area contributed by atoms with Crippen molar-refractivity contribution in [2.45, 2.75) is 40.2 Å². The number of nitrogens with zero attached hydrogens (tertiary/aromatic N) is 4. The lowest BCUT2D eigenvalue weighted by Gasteiger charge is -2.18. The van der Waals surface area contributed by atoms with Gasteiger partial charge in [0.15, 0.2) is 17.3 Å². The van der Waals surface area contributed by atoms with Gasteiger partial charge >= 0.3 is 0 Å². The van der Waals surface area contributed by atoms with Gasteiger partial charge < -0.3 is 19.5 Å². The van der Waals surface area contributed by atoms with Crippen LogP contribution < -0.4 is 19.5 Å². The van der Waals surface area contributed by atoms with Gasteiger partial charge in [-0.3, -0.25) is 4.79 Å². The number of benzene rings is 1. The van der Waals surface area contributed by atoms with Crippen LogP contribution in [0.25, 0.3) is 5.82 Å². The number of aromatic nitrogens is 4. The highest BCUT2D eigenvalue weighted by Crippen LogP contribution is 2.31. The second kappa shape index (κ2) is 10.8. The van der Waals surface area contributed by atoms with Crippen molar-refractivity contribution in [3.8, 4) is 23.2 Å². The van der Waals surface area contributed by atoms with E-state index in [-0.39, 0.29) is 11.9 Å². The van der Waals surface area contributed by atoms with Gasteiger partial charge in [-0.25, -0.2) is 4.68 Å². The normalized spacial score (nSPS) is 11.8. The van der Waals surface area contributed by atoms with E-state index in [1.54, 1.807) is 30.1 Å². The molecular weight excluding hydrogens is 422 g/mol. The molecule has 33 heavy (non-hydrogen) atoms. The summed E-state index contributed by atoms with van der Waals surface area (Å²) in [5, 5.41) is 15.5. The Morgan fingerprint density at radius 3 is 2.45 bits per heavy atom. The Morgan fingerprint density at radius 1 is 1.06 bits per heavy atom. The Bertz CT molecular complexity index is 1080. The van der Waals surface area contributed by atoms with Crippen molar-refractivity contribution < 1.29 is 19.0 Å². The molecule has 1 aromatic carbocycles. The van der Waals surface area contributed by atoms with E-state index < -0.39 is 0 Å². The molecule has 0 saturated heterocycles. The molecule has 0 aliphatic heterocycles. The zero-order valence-electron chi connectivity index (χ0n) is 20.0. The monoisotopic (exact) mass is 453 g/mol. The summed E-state index contributed by atoms with van der Waals surface area (Å²) in [6.07, 6.45) is 2.15. The second-order valence-corrected chi connectivity index (χ2v) is 8.01. The van der Waals surface area contributed by atoms with Crippen molar-refractivity contribution in [2.24, 2.45) is 5.92 Å². The quantitative estimate of drug-likeness (QED) is 0.499. The Hall–Kier alpha value is -3.62. The van der Waals surface area contributed by atoms with Gasteiger partial charge in [-0.2, -0.15) is 5.10 Å². The van der Waals surface area contributed by atoms with Crippen LogP contribution in [0.15, 0.2) is 36.5 Å². The first-order chi connectivity index (χ1) is 15.9. The fourth-order valence-corrected chi connectivity index (χ4v) is 3.32. The first kappa shape index (κ1) is 24.0. The van der Waals surface area contributed by atoms with E-state index in [0.717, 1.165) is 11.3 Å². The lowest BCUT2D eigenvalue weighted by molar-refractivity contribution is 0.0939. The van der Waals surface area contributed by atoms with Gasteiger partial charge in [-0.15, -0.1) is 10.2 Å². The van der Waals surface area contributed by atoms with E-state index in [9.17, 15) is 4.79 Å². The Labute approximate surface area is 194 Å². The SMILES string of the molecule is CCc1c(C(=O)NC(C)c2ccc(OCC(C)C)c(OC)c2)cnn1-c1ccc(OC)nn1. The van der Waals surface area contributed by atoms with Gasteiger partial charge in [0.1, 0.15) is 0 Å². The molecule has 0 aliphatic carbocycles. The van der Waals surface area contributed by atoms with Crippen molar-refractivity contribution in [3.63, 3.8) is 0 Å². The summed E-state index contributed by atoms with van der Waals surface area (Å²) >= 11 is 0. The fourth-order valence-electron chi connectivity index (χ4n) is 3.32. The summed E-state index contributed by atoms with van der Waals surface area (Å²) < 4.78 is 18.0. The summed E-state index contributed by atoms with van der Waals surface area (Å²) in [6, 6.07) is 8.89. The number of methoxy groups -OCH3 is 2. The number of carbonyl (C=O) groups is 1. The zero-order chi connectivity index (χ0) is 24.0. The number of ether oxygens (including phenoxy) is 3. The van der Waals surface area contributed by atoms with E-state index >= 15 is 0 Å². The molecule has 0 radical (unpaired) electrons. The van der Waals surface area contributed by atoms with Gasteiger partial charge in [0, 0.05) is 6.07 Å². The highest BCUT2D eigenvalue weighted by molar-refractivity contribution is 5.95. The van der Waals surface area contributed by atoms with E-state index in [0.29, 0.717) is 47.7 Å². The molecule has 2 aromatic heterocycles. The average molecular weight is 454 g/mol. The predicted molar refractivity (Wildman–Crippen MR) is 124 cm³/mol. The molecule has 2 heterocycles. The molecule has 1 unspecified atom stereocenters. The summed E-state index contributed by atoms with van der Waals surface area (Å²) in [7, 11) is 3.13. The highest BCUT2D eigenvalue weighted by atomic mass is 16.5. The molecule has 1 N–H and O–H groups in total. The van der Waals surface area contributed by atoms with Crippen molar-refractivity contribution in [1.82, 2.24) is 25.3 Å². The number of nitrogens with one attached hydrogen (secondary N) is 1. The average Bonchev–Trinajstić information content (AvgIpc) is 3.26. The standard InChI is InChI=1S/C24H31N5O4/c1-7-19-18(13-25-29(19)22-10-11-23(32-6)28-27-22)24(30)26-16(4)17-8-9-20(21(12-17)31-5)33-14-15(2)3/h8-13,15-16H,7,14H2,1-6H3,(H,26,30). The Kier molecular flexibility index (Phi) is 7.87. The fraction of sp³-hybridized carbons (Fsp3) is 0.417. The van der Waals surface area contributed by atoms with Crippen molar-refractivity contribution in [2.75, 3.05) is 20.8 Å². The smallest absolute Gasteiger partial charge is 0.255 e. The second-order valence-electron chi connectivity index (χ2n) is 8.01. The van der Waals surface area contributed by atoms with Crippen LogP contribution >= 0.6 is 0 Å². The van der Waals surface area contributed by atoms with Crippen LogP contribution in [0.4, 0.5) is 0 Å². The largest absolute Gasteiger partial charge is 0.493 e. The molecule has 3 rings (SSSR count). The predicted octanol–water partition coefficient (Wildman–Crippen LogP) is 3.77. The van der Waals surface area contributed by atoms with Crippen LogP contribution in [-0.2, 0) is 6.42 Å². The minimum absolute atomic E-state index is 0.217. The maximum absolute atomic E-state index is 13.1. The van der Waals surface area contributed by atoms with Gasteiger partial charge in [0.25, 0.3) is 5.91 Å². The van der Waals surface area contributed by atoms with Crippen LogP contribution in [0.3, 0.4) is 0 Å². The molecule has 0 saturated carbocycles. The minimum atomic E-state index is -0.251. The maximum atomic E-state index is 13.1. The first-order valence-corrected chi connectivity index (χ1v) is 10.9. The Morgan fingerprint density at radius 2 is 1.85 bits per heavy atom. The van der Waals surface area contributed by atoms with Crippen LogP contribution in [-0.4, -0.2) is 46.7 Å². The summed E-state index contributed by atoms with van der Waals surface area (Å²) in [4.78, 5) is 13.1. The topological polar surface area (TPSA) is 100 Å².